The van der Waals surface area contributed by atoms with Gasteiger partial charge in [0.15, 0.2) is 5.82 Å². The number of anilines is 3. The number of alkyl halides is 2. The molecule has 0 saturated heterocycles. The molecule has 0 amide bonds. The molecule has 4 aromatic rings. The van der Waals surface area contributed by atoms with Crippen LogP contribution >= 0.6 is 0 Å². The van der Waals surface area contributed by atoms with Crippen molar-refractivity contribution >= 4 is 28.5 Å². The van der Waals surface area contributed by atoms with E-state index in [1.807, 2.05) is 6.07 Å². The van der Waals surface area contributed by atoms with Gasteiger partial charge in [-0.2, -0.15) is 15.2 Å². The van der Waals surface area contributed by atoms with Crippen LogP contribution < -0.4 is 22.3 Å². The van der Waals surface area contributed by atoms with E-state index in [-0.39, 0.29) is 58.5 Å². The topological polar surface area (TPSA) is 149 Å². The lowest BCUT2D eigenvalue weighted by atomic mass is 10.1. The van der Waals surface area contributed by atoms with E-state index in [1.54, 1.807) is 0 Å². The number of aromatic nitrogens is 4. The first-order valence-corrected chi connectivity index (χ1v) is 10.6. The van der Waals surface area contributed by atoms with Crippen molar-refractivity contribution in [2.75, 3.05) is 23.3 Å². The largest absolute Gasteiger partial charge is 0.382 e. The van der Waals surface area contributed by atoms with Gasteiger partial charge < -0.3 is 16.8 Å². The number of nitrogen functional groups attached to an aromatic ring is 2. The highest BCUT2D eigenvalue weighted by Crippen LogP contribution is 2.24. The van der Waals surface area contributed by atoms with Gasteiger partial charge >= 0.3 is 0 Å². The van der Waals surface area contributed by atoms with Gasteiger partial charge in [-0.05, 0) is 36.8 Å². The van der Waals surface area contributed by atoms with Crippen molar-refractivity contribution in [3.05, 3.63) is 75.3 Å². The summed E-state index contributed by atoms with van der Waals surface area (Å²) >= 11 is 0. The fraction of sp³-hybridized carbons (Fsp3) is 0.174. The Labute approximate surface area is 201 Å². The Kier molecular flexibility index (Phi) is 6.69. The van der Waals surface area contributed by atoms with Gasteiger partial charge in [-0.25, -0.2) is 22.5 Å². The molecule has 0 fully saturated rings. The van der Waals surface area contributed by atoms with Gasteiger partial charge in [-0.15, -0.1) is 0 Å². The van der Waals surface area contributed by atoms with Gasteiger partial charge in [0, 0.05) is 18.5 Å². The van der Waals surface area contributed by atoms with E-state index in [2.05, 4.69) is 20.3 Å². The summed E-state index contributed by atoms with van der Waals surface area (Å²) in [5, 5.41) is 11.8. The molecule has 9 nitrogen and oxygen atoms in total. The third kappa shape index (κ3) is 4.74. The molecule has 4 rings (SSSR count). The SMILES string of the molecule is N#Cc1c(N)nc(N)nc1NCCCc1nc2cccc(F)c2c(=O)n1-c1cc(F)cc(C(F)F)c1. The van der Waals surface area contributed by atoms with E-state index in [9.17, 15) is 27.6 Å². The molecule has 13 heteroatoms. The lowest BCUT2D eigenvalue weighted by Gasteiger charge is -2.15. The first-order chi connectivity index (χ1) is 17.2. The number of nitriles is 1. The molecule has 0 saturated carbocycles. The normalized spacial score (nSPS) is 11.1. The summed E-state index contributed by atoms with van der Waals surface area (Å²) in [6, 6.07) is 8.27. The highest BCUT2D eigenvalue weighted by Gasteiger charge is 2.19. The van der Waals surface area contributed by atoms with Crippen molar-refractivity contribution in [3.8, 4) is 11.8 Å². The second-order valence-corrected chi connectivity index (χ2v) is 7.68. The van der Waals surface area contributed by atoms with E-state index in [0.717, 1.165) is 22.8 Å². The van der Waals surface area contributed by atoms with E-state index >= 15 is 0 Å². The lowest BCUT2D eigenvalue weighted by molar-refractivity contribution is 0.151. The molecule has 0 aliphatic carbocycles. The molecule has 0 atom stereocenters. The van der Waals surface area contributed by atoms with Gasteiger partial charge in [-0.1, -0.05) is 6.07 Å². The summed E-state index contributed by atoms with van der Waals surface area (Å²) in [5.41, 5.74) is 9.61. The number of nitrogens with zero attached hydrogens (tertiary/aromatic N) is 5. The molecule has 0 unspecified atom stereocenters. The van der Waals surface area contributed by atoms with E-state index < -0.39 is 29.2 Å². The number of rotatable bonds is 7. The summed E-state index contributed by atoms with van der Waals surface area (Å²) in [4.78, 5) is 25.3. The molecular weight excluding hydrogens is 480 g/mol. The average Bonchev–Trinajstić information content (AvgIpc) is 2.81. The quantitative estimate of drug-likeness (QED) is 0.259. The predicted molar refractivity (Wildman–Crippen MR) is 125 cm³/mol. The molecule has 36 heavy (non-hydrogen) atoms. The van der Waals surface area contributed by atoms with Crippen LogP contribution in [0.25, 0.3) is 16.6 Å². The Morgan fingerprint density at radius 3 is 2.61 bits per heavy atom. The second-order valence-electron chi connectivity index (χ2n) is 7.68. The summed E-state index contributed by atoms with van der Waals surface area (Å²) in [5.74, 6) is -1.87. The van der Waals surface area contributed by atoms with Gasteiger partial charge in [0.25, 0.3) is 12.0 Å². The molecule has 0 aliphatic heterocycles. The molecule has 2 aromatic carbocycles. The number of nitrogens with two attached hydrogens (primary N) is 2. The average molecular weight is 498 g/mol. The van der Waals surface area contributed by atoms with Crippen molar-refractivity contribution in [2.45, 2.75) is 19.3 Å². The second kappa shape index (κ2) is 9.87. The highest BCUT2D eigenvalue weighted by atomic mass is 19.3. The molecule has 0 radical (unpaired) electrons. The number of halogens is 4. The first kappa shape index (κ1) is 24.4. The van der Waals surface area contributed by atoms with E-state index in [4.69, 9.17) is 11.5 Å². The number of aryl methyl sites for hydroxylation is 1. The van der Waals surface area contributed by atoms with Crippen LogP contribution in [0.5, 0.6) is 0 Å². The Balaban J connectivity index is 1.72. The minimum Gasteiger partial charge on any atom is -0.382 e. The minimum atomic E-state index is -2.99. The van der Waals surface area contributed by atoms with E-state index in [1.165, 1.54) is 12.1 Å². The van der Waals surface area contributed by atoms with E-state index in [0.29, 0.717) is 12.5 Å². The molecular formula is C23H18F4N8O. The molecule has 2 aromatic heterocycles. The number of hydrogen-bond acceptors (Lipinski definition) is 8. The third-order valence-corrected chi connectivity index (χ3v) is 5.27. The van der Waals surface area contributed by atoms with Crippen LogP contribution in [-0.4, -0.2) is 26.1 Å². The van der Waals surface area contributed by atoms with Gasteiger partial charge in [-0.3, -0.25) is 9.36 Å². The van der Waals surface area contributed by atoms with Crippen molar-refractivity contribution in [1.29, 1.82) is 5.26 Å². The van der Waals surface area contributed by atoms with Crippen LogP contribution in [0.2, 0.25) is 0 Å². The fourth-order valence-corrected chi connectivity index (χ4v) is 3.71. The third-order valence-electron chi connectivity index (χ3n) is 5.27. The summed E-state index contributed by atoms with van der Waals surface area (Å²) in [7, 11) is 0. The maximum atomic E-state index is 14.5. The summed E-state index contributed by atoms with van der Waals surface area (Å²) in [6.07, 6.45) is -2.61. The van der Waals surface area contributed by atoms with Crippen LogP contribution in [0.1, 0.15) is 29.8 Å². The highest BCUT2D eigenvalue weighted by molar-refractivity contribution is 5.78. The number of fused-ring (bicyclic) bond motifs is 1. The molecule has 184 valence electrons. The minimum absolute atomic E-state index is 0.000275. The van der Waals surface area contributed by atoms with Crippen LogP contribution in [0.15, 0.2) is 41.2 Å². The van der Waals surface area contributed by atoms with Crippen molar-refractivity contribution < 1.29 is 17.6 Å². The molecule has 2 heterocycles. The van der Waals surface area contributed by atoms with Gasteiger partial charge in [0.1, 0.15) is 40.3 Å². The Morgan fingerprint density at radius 2 is 1.89 bits per heavy atom. The van der Waals surface area contributed by atoms with Crippen molar-refractivity contribution in [2.24, 2.45) is 0 Å². The monoisotopic (exact) mass is 498 g/mol. The lowest BCUT2D eigenvalue weighted by Crippen LogP contribution is -2.25. The molecule has 0 spiro atoms. The maximum absolute atomic E-state index is 14.5. The van der Waals surface area contributed by atoms with Crippen molar-refractivity contribution in [3.63, 3.8) is 0 Å². The van der Waals surface area contributed by atoms with Crippen LogP contribution in [0.3, 0.4) is 0 Å². The summed E-state index contributed by atoms with van der Waals surface area (Å²) in [6.45, 7) is 0.201. The first-order valence-electron chi connectivity index (χ1n) is 10.6. The fourth-order valence-electron chi connectivity index (χ4n) is 3.71. The smallest absolute Gasteiger partial charge is 0.268 e. The van der Waals surface area contributed by atoms with Gasteiger partial charge in [0.05, 0.1) is 11.2 Å². The zero-order valence-corrected chi connectivity index (χ0v) is 18.5. The predicted octanol–water partition coefficient (Wildman–Crippen LogP) is 3.47. The number of benzene rings is 2. The van der Waals surface area contributed by atoms with Crippen LogP contribution in [0.4, 0.5) is 35.1 Å². The zero-order chi connectivity index (χ0) is 26.0. The standard InChI is InChI=1S/C23H18F4N8O/c24-12-7-11(19(26)27)8-13(9-12)35-17(32-16-4-1-3-15(25)18(16)22(35)36)5-2-6-31-21-14(10-28)20(29)33-23(30)34-21/h1,3-4,7-9,19H,2,5-6H2,(H5,29,30,31,33,34). The Bertz CT molecular complexity index is 1570. The number of hydrogen-bond donors (Lipinski definition) is 3. The zero-order valence-electron chi connectivity index (χ0n) is 18.5. The van der Waals surface area contributed by atoms with Crippen molar-refractivity contribution in [1.82, 2.24) is 19.5 Å². The molecule has 0 aliphatic rings. The summed E-state index contributed by atoms with van der Waals surface area (Å²) < 4.78 is 56.1. The Hall–Kier alpha value is -4.73. The van der Waals surface area contributed by atoms with Crippen LogP contribution in [-0.2, 0) is 6.42 Å². The Morgan fingerprint density at radius 1 is 1.11 bits per heavy atom. The molecule has 0 bridgehead atoms. The number of nitrogens with one attached hydrogen (secondary N) is 1. The maximum Gasteiger partial charge on any atom is 0.268 e. The van der Waals surface area contributed by atoms with Gasteiger partial charge in [0.2, 0.25) is 5.95 Å². The molecule has 5 N–H and O–H groups in total. The van der Waals surface area contributed by atoms with Crippen LogP contribution in [0, 0.1) is 23.0 Å².